The molecule has 1 atom stereocenters. The summed E-state index contributed by atoms with van der Waals surface area (Å²) in [5, 5.41) is 17.2. The van der Waals surface area contributed by atoms with E-state index in [9.17, 15) is 9.59 Å². The van der Waals surface area contributed by atoms with E-state index in [2.05, 4.69) is 25.6 Å². The highest BCUT2D eigenvalue weighted by Crippen LogP contribution is 2.34. The highest BCUT2D eigenvalue weighted by Gasteiger charge is 2.30. The molecule has 0 aromatic carbocycles. The summed E-state index contributed by atoms with van der Waals surface area (Å²) in [5.74, 6) is 0.433. The van der Waals surface area contributed by atoms with Crippen molar-refractivity contribution in [3.05, 3.63) is 21.6 Å². The Hall–Kier alpha value is -2.27. The minimum Gasteiger partial charge on any atom is -0.300 e. The van der Waals surface area contributed by atoms with E-state index in [4.69, 9.17) is 0 Å². The van der Waals surface area contributed by atoms with Crippen molar-refractivity contribution < 1.29 is 4.79 Å². The number of hydrogen-bond acceptors (Lipinski definition) is 8. The van der Waals surface area contributed by atoms with Gasteiger partial charge in [-0.3, -0.25) is 14.2 Å². The molecule has 0 spiro atoms. The fourth-order valence-electron chi connectivity index (χ4n) is 3.00. The summed E-state index contributed by atoms with van der Waals surface area (Å²) in [7, 11) is 0. The smallest absolute Gasteiger partial charge is 0.265 e. The average Bonchev–Trinajstić information content (AvgIpc) is 3.26. The van der Waals surface area contributed by atoms with Gasteiger partial charge >= 0.3 is 0 Å². The maximum Gasteiger partial charge on any atom is 0.265 e. The first-order valence-electron chi connectivity index (χ1n) is 8.47. The largest absolute Gasteiger partial charge is 0.300 e. The lowest BCUT2D eigenvalue weighted by Gasteiger charge is -2.20. The van der Waals surface area contributed by atoms with Gasteiger partial charge < -0.3 is 5.32 Å². The van der Waals surface area contributed by atoms with E-state index in [1.54, 1.807) is 15.4 Å². The monoisotopic (exact) mass is 405 g/mol. The van der Waals surface area contributed by atoms with Crippen molar-refractivity contribution in [1.29, 1.82) is 0 Å². The summed E-state index contributed by atoms with van der Waals surface area (Å²) in [5.41, 5.74) is 0.156. The van der Waals surface area contributed by atoms with Crippen LogP contribution in [0.15, 0.2) is 16.1 Å². The van der Waals surface area contributed by atoms with Gasteiger partial charge in [-0.25, -0.2) is 9.67 Å². The predicted molar refractivity (Wildman–Crippen MR) is 104 cm³/mol. The Balaban J connectivity index is 1.64. The SMILES string of the molecule is Cc1nnc(NC(=O)CC2CSc3nc4c(cnn4C(C)(C)C)c(=O)n32)s1. The molecule has 4 rings (SSSR count). The van der Waals surface area contributed by atoms with Crippen molar-refractivity contribution in [2.24, 2.45) is 0 Å². The Morgan fingerprint density at radius 3 is 2.81 bits per heavy atom. The number of fused-ring (bicyclic) bond motifs is 2. The molecule has 9 nitrogen and oxygen atoms in total. The lowest BCUT2D eigenvalue weighted by molar-refractivity contribution is -0.116. The molecule has 142 valence electrons. The summed E-state index contributed by atoms with van der Waals surface area (Å²) >= 11 is 2.80. The number of thioether (sulfide) groups is 1. The third kappa shape index (κ3) is 3.25. The van der Waals surface area contributed by atoms with E-state index in [0.29, 0.717) is 27.1 Å². The van der Waals surface area contributed by atoms with Crippen LogP contribution in [0, 0.1) is 6.92 Å². The van der Waals surface area contributed by atoms with Gasteiger partial charge in [-0.2, -0.15) is 5.10 Å². The first-order chi connectivity index (χ1) is 12.7. The van der Waals surface area contributed by atoms with Crippen LogP contribution in [-0.4, -0.2) is 41.2 Å². The molecule has 1 amide bonds. The highest BCUT2D eigenvalue weighted by molar-refractivity contribution is 7.99. The van der Waals surface area contributed by atoms with Crippen LogP contribution < -0.4 is 10.9 Å². The van der Waals surface area contributed by atoms with Gasteiger partial charge in [-0.1, -0.05) is 23.1 Å². The van der Waals surface area contributed by atoms with Gasteiger partial charge in [-0.05, 0) is 27.7 Å². The molecule has 3 aromatic heterocycles. The standard InChI is InChI=1S/C16H19N7O2S2/c1-8-20-21-14(27-8)18-11(24)5-9-7-26-15-19-12-10(13(25)22(9)15)6-17-23(12)16(2,3)4/h6,9H,5,7H2,1-4H3,(H,18,21,24). The topological polar surface area (TPSA) is 108 Å². The Morgan fingerprint density at radius 1 is 1.37 bits per heavy atom. The van der Waals surface area contributed by atoms with Crippen LogP contribution in [0.5, 0.6) is 0 Å². The van der Waals surface area contributed by atoms with Crippen molar-refractivity contribution in [3.63, 3.8) is 0 Å². The van der Waals surface area contributed by atoms with Gasteiger partial charge in [0.05, 0.1) is 17.8 Å². The average molecular weight is 406 g/mol. The van der Waals surface area contributed by atoms with Gasteiger partial charge in [0, 0.05) is 12.2 Å². The number of aromatic nitrogens is 6. The predicted octanol–water partition coefficient (Wildman–Crippen LogP) is 2.18. The van der Waals surface area contributed by atoms with Crippen molar-refractivity contribution in [3.8, 4) is 0 Å². The van der Waals surface area contributed by atoms with E-state index in [-0.39, 0.29) is 29.5 Å². The molecule has 0 saturated carbocycles. The number of amides is 1. The molecule has 4 heterocycles. The number of hydrogen-bond donors (Lipinski definition) is 1. The van der Waals surface area contributed by atoms with Gasteiger partial charge in [0.25, 0.3) is 5.56 Å². The van der Waals surface area contributed by atoms with Crippen molar-refractivity contribution in [2.45, 2.75) is 50.9 Å². The molecule has 0 saturated heterocycles. The van der Waals surface area contributed by atoms with E-state index < -0.39 is 0 Å². The minimum absolute atomic E-state index is 0.153. The second kappa shape index (κ2) is 6.41. The molecule has 0 bridgehead atoms. The molecular formula is C16H19N7O2S2. The maximum absolute atomic E-state index is 13.0. The van der Waals surface area contributed by atoms with Gasteiger partial charge in [-0.15, -0.1) is 10.2 Å². The van der Waals surface area contributed by atoms with Gasteiger partial charge in [0.15, 0.2) is 10.8 Å². The minimum atomic E-state index is -0.275. The molecule has 1 N–H and O–H groups in total. The highest BCUT2D eigenvalue weighted by atomic mass is 32.2. The Morgan fingerprint density at radius 2 is 2.15 bits per heavy atom. The van der Waals surface area contributed by atoms with Crippen LogP contribution in [0.4, 0.5) is 5.13 Å². The molecule has 11 heteroatoms. The number of anilines is 1. The zero-order valence-electron chi connectivity index (χ0n) is 15.4. The summed E-state index contributed by atoms with van der Waals surface area (Å²) < 4.78 is 3.38. The maximum atomic E-state index is 13.0. The first-order valence-corrected chi connectivity index (χ1v) is 10.3. The molecule has 27 heavy (non-hydrogen) atoms. The van der Waals surface area contributed by atoms with Crippen LogP contribution in [0.1, 0.15) is 38.2 Å². The Bertz CT molecular complexity index is 1090. The second-order valence-electron chi connectivity index (χ2n) is 7.38. The molecule has 1 aliphatic rings. The Labute approximate surface area is 163 Å². The quantitative estimate of drug-likeness (QED) is 0.665. The molecule has 3 aromatic rings. The van der Waals surface area contributed by atoms with Crippen molar-refractivity contribution in [1.82, 2.24) is 29.5 Å². The number of aryl methyl sites for hydroxylation is 1. The lowest BCUT2D eigenvalue weighted by Crippen LogP contribution is -2.29. The molecule has 1 aliphatic heterocycles. The van der Waals surface area contributed by atoms with E-state index >= 15 is 0 Å². The summed E-state index contributed by atoms with van der Waals surface area (Å²) in [6.07, 6.45) is 1.74. The number of nitrogens with one attached hydrogen (secondary N) is 1. The summed E-state index contributed by atoms with van der Waals surface area (Å²) in [4.78, 5) is 30.0. The summed E-state index contributed by atoms with van der Waals surface area (Å²) in [6.45, 7) is 7.87. The zero-order valence-corrected chi connectivity index (χ0v) is 17.0. The van der Waals surface area contributed by atoms with E-state index in [1.165, 1.54) is 23.1 Å². The van der Waals surface area contributed by atoms with Crippen LogP contribution >= 0.6 is 23.1 Å². The van der Waals surface area contributed by atoms with Gasteiger partial charge in [0.1, 0.15) is 10.4 Å². The summed E-state index contributed by atoms with van der Waals surface area (Å²) in [6, 6.07) is -0.249. The fraction of sp³-hybridized carbons (Fsp3) is 0.500. The lowest BCUT2D eigenvalue weighted by atomic mass is 10.1. The molecular weight excluding hydrogens is 386 g/mol. The molecule has 0 aliphatic carbocycles. The molecule has 1 unspecified atom stereocenters. The van der Waals surface area contributed by atoms with Crippen LogP contribution in [0.3, 0.4) is 0 Å². The number of carbonyl (C=O) groups is 1. The molecule has 0 radical (unpaired) electrons. The van der Waals surface area contributed by atoms with Crippen LogP contribution in [-0.2, 0) is 10.3 Å². The first kappa shape index (κ1) is 18.1. The fourth-order valence-corrected chi connectivity index (χ4v) is 4.74. The number of nitrogens with zero attached hydrogens (tertiary/aromatic N) is 6. The molecule has 0 fully saturated rings. The Kier molecular flexibility index (Phi) is 4.30. The zero-order chi connectivity index (χ0) is 19.3. The number of carbonyl (C=O) groups excluding carboxylic acids is 1. The van der Waals surface area contributed by atoms with E-state index in [1.807, 2.05) is 27.7 Å². The van der Waals surface area contributed by atoms with Crippen molar-refractivity contribution in [2.75, 3.05) is 11.1 Å². The van der Waals surface area contributed by atoms with E-state index in [0.717, 1.165) is 5.01 Å². The van der Waals surface area contributed by atoms with Crippen molar-refractivity contribution >= 4 is 45.2 Å². The van der Waals surface area contributed by atoms with Gasteiger partial charge in [0.2, 0.25) is 11.0 Å². The third-order valence-electron chi connectivity index (χ3n) is 4.20. The third-order valence-corrected chi connectivity index (χ3v) is 6.05. The number of rotatable bonds is 3. The van der Waals surface area contributed by atoms with Crippen LogP contribution in [0.25, 0.3) is 11.0 Å². The second-order valence-corrected chi connectivity index (χ2v) is 9.55. The normalized spacial score (nSPS) is 16.7. The van der Waals surface area contributed by atoms with Crippen LogP contribution in [0.2, 0.25) is 0 Å².